The Bertz CT molecular complexity index is 1220. The number of quaternary nitrogens is 1. The molecule has 0 aromatic heterocycles. The predicted molar refractivity (Wildman–Crippen MR) is 232 cm³/mol. The Morgan fingerprint density at radius 2 is 1.23 bits per heavy atom. The van der Waals surface area contributed by atoms with E-state index in [1.54, 1.807) is 0 Å². The van der Waals surface area contributed by atoms with Crippen LogP contribution in [0.2, 0.25) is 0 Å². The van der Waals surface area contributed by atoms with Gasteiger partial charge in [0, 0.05) is 12.8 Å². The molecular formula is C46H80NO9P. The third-order valence-corrected chi connectivity index (χ3v) is 9.75. The topological polar surface area (TPSA) is 131 Å². The molecule has 0 saturated carbocycles. The van der Waals surface area contributed by atoms with Gasteiger partial charge in [-0.05, 0) is 70.6 Å². The van der Waals surface area contributed by atoms with Crippen molar-refractivity contribution in [2.24, 2.45) is 0 Å². The maximum atomic E-state index is 12.6. The van der Waals surface area contributed by atoms with Crippen molar-refractivity contribution in [3.63, 3.8) is 0 Å². The summed E-state index contributed by atoms with van der Waals surface area (Å²) in [5.41, 5.74) is 0. The molecule has 0 aromatic rings. The van der Waals surface area contributed by atoms with Crippen molar-refractivity contribution in [1.29, 1.82) is 0 Å². The third kappa shape index (κ3) is 41.4. The smallest absolute Gasteiger partial charge is 0.306 e. The first-order valence-corrected chi connectivity index (χ1v) is 23.2. The van der Waals surface area contributed by atoms with Crippen molar-refractivity contribution in [2.75, 3.05) is 47.5 Å². The van der Waals surface area contributed by atoms with E-state index < -0.39 is 38.6 Å². The quantitative estimate of drug-likeness (QED) is 0.0161. The van der Waals surface area contributed by atoms with Crippen LogP contribution in [0.1, 0.15) is 149 Å². The molecule has 0 aromatic carbocycles. The summed E-state index contributed by atoms with van der Waals surface area (Å²) in [6.07, 6.45) is 42.8. The minimum absolute atomic E-state index is 0.0532. The van der Waals surface area contributed by atoms with Crippen molar-refractivity contribution in [2.45, 2.75) is 161 Å². The van der Waals surface area contributed by atoms with Crippen LogP contribution >= 0.6 is 7.82 Å². The summed E-state index contributed by atoms with van der Waals surface area (Å²) in [4.78, 5) is 37.5. The number of allylic oxidation sites excluding steroid dienone is 10. The maximum absolute atomic E-state index is 12.6. The van der Waals surface area contributed by atoms with E-state index in [2.05, 4.69) is 31.2 Å². The molecule has 0 fully saturated rings. The maximum Gasteiger partial charge on any atom is 0.306 e. The molecule has 0 aliphatic rings. The number of nitrogens with zero attached hydrogens (tertiary/aromatic N) is 1. The van der Waals surface area contributed by atoms with Crippen molar-refractivity contribution in [3.8, 4) is 0 Å². The summed E-state index contributed by atoms with van der Waals surface area (Å²) in [7, 11) is 1.09. The molecule has 2 unspecified atom stereocenters. The van der Waals surface area contributed by atoms with Gasteiger partial charge in [0.2, 0.25) is 0 Å². The van der Waals surface area contributed by atoms with Gasteiger partial charge in [-0.2, -0.15) is 0 Å². The number of phosphoric acid groups is 1. The Hall–Kier alpha value is -2.59. The van der Waals surface area contributed by atoms with E-state index in [0.29, 0.717) is 36.7 Å². The number of hydrogen-bond acceptors (Lipinski definition) is 9. The number of hydrogen-bond donors (Lipinski definition) is 1. The first-order valence-electron chi connectivity index (χ1n) is 21.8. The Kier molecular flexibility index (Phi) is 36.0. The molecule has 1 N–H and O–H groups in total. The number of aliphatic hydroxyl groups is 1. The molecule has 0 amide bonds. The predicted octanol–water partition coefficient (Wildman–Crippen LogP) is 10.6. The highest BCUT2D eigenvalue weighted by Crippen LogP contribution is 2.38. The molecule has 0 aliphatic carbocycles. The van der Waals surface area contributed by atoms with E-state index in [0.717, 1.165) is 44.9 Å². The summed E-state index contributed by atoms with van der Waals surface area (Å²) in [6.45, 7) is 3.87. The van der Waals surface area contributed by atoms with Gasteiger partial charge in [-0.15, -0.1) is 0 Å². The lowest BCUT2D eigenvalue weighted by molar-refractivity contribution is -0.870. The second-order valence-corrected chi connectivity index (χ2v) is 16.9. The zero-order chi connectivity index (χ0) is 42.3. The third-order valence-electron chi connectivity index (χ3n) is 8.79. The number of ether oxygens (including phenoxy) is 2. The highest BCUT2D eigenvalue weighted by atomic mass is 31.2. The zero-order valence-electron chi connectivity index (χ0n) is 36.4. The summed E-state index contributed by atoms with van der Waals surface area (Å²) in [6, 6.07) is 0. The number of unbranched alkanes of at least 4 members (excludes halogenated alkanes) is 12. The number of carbonyl (C=O) groups excluding carboxylic acids is 2. The van der Waals surface area contributed by atoms with Crippen molar-refractivity contribution < 1.29 is 47.2 Å². The SMILES string of the molecule is CC/C=C\C(O)C/C=C/C=C\C/C=C\C/C=C\CCCC(=O)O[C@H](COC(=O)CCCCCCCCC/C=C\CCCCCC)COP(=O)([O-])OCC[N+](C)(C)C. The number of likely N-dealkylation sites (N-methyl/N-ethyl adjacent to an activating group) is 1. The highest BCUT2D eigenvalue weighted by molar-refractivity contribution is 7.45. The molecule has 0 radical (unpaired) electrons. The molecule has 11 heteroatoms. The van der Waals surface area contributed by atoms with Gasteiger partial charge in [0.25, 0.3) is 7.82 Å². The lowest BCUT2D eigenvalue weighted by atomic mass is 10.1. The van der Waals surface area contributed by atoms with Crippen LogP contribution in [-0.2, 0) is 32.7 Å². The molecule has 10 nitrogen and oxygen atoms in total. The molecule has 0 saturated heterocycles. The van der Waals surface area contributed by atoms with E-state index in [4.69, 9.17) is 18.5 Å². The molecule has 0 heterocycles. The van der Waals surface area contributed by atoms with E-state index in [9.17, 15) is 24.2 Å². The zero-order valence-corrected chi connectivity index (χ0v) is 37.3. The van der Waals surface area contributed by atoms with Crippen molar-refractivity contribution in [3.05, 3.63) is 72.9 Å². The summed E-state index contributed by atoms with van der Waals surface area (Å²) < 4.78 is 33.8. The van der Waals surface area contributed by atoms with Crippen LogP contribution in [0.5, 0.6) is 0 Å². The van der Waals surface area contributed by atoms with Gasteiger partial charge < -0.3 is 33.0 Å². The van der Waals surface area contributed by atoms with Crippen LogP contribution in [0.15, 0.2) is 72.9 Å². The molecule has 328 valence electrons. The lowest BCUT2D eigenvalue weighted by Gasteiger charge is -2.28. The second kappa shape index (κ2) is 37.7. The van der Waals surface area contributed by atoms with Crippen molar-refractivity contribution in [1.82, 2.24) is 0 Å². The standard InChI is InChI=1S/C46H80NO9P/c1-6-8-10-11-12-13-14-15-16-17-21-24-27-30-33-37-45(49)53-41-44(42-55-57(51,52)54-40-39-47(3,4)5)56-46(50)38-34-31-28-25-22-19-18-20-23-26-29-32-36-43(48)35-9-7-2/h9,13-14,18-19,23,25-26,28-29,32,35,43-44,48H,6-8,10-12,15-17,20-22,24,27,30-31,33-34,36-42H2,1-5H3/b14-13-,19-18-,26-23-,28-25-,32-29+,35-9-/t43?,44-/m1/s1. The van der Waals surface area contributed by atoms with Gasteiger partial charge >= 0.3 is 11.9 Å². The first-order chi connectivity index (χ1) is 27.4. The van der Waals surface area contributed by atoms with Crippen LogP contribution in [0.3, 0.4) is 0 Å². The Labute approximate surface area is 347 Å². The summed E-state index contributed by atoms with van der Waals surface area (Å²) in [5, 5.41) is 9.77. The fraction of sp³-hybridized carbons (Fsp3) is 0.696. The second-order valence-electron chi connectivity index (χ2n) is 15.5. The van der Waals surface area contributed by atoms with E-state index >= 15 is 0 Å². The molecule has 0 aliphatic heterocycles. The van der Waals surface area contributed by atoms with Gasteiger partial charge in [-0.3, -0.25) is 14.2 Å². The van der Waals surface area contributed by atoms with Crippen LogP contribution in [0, 0.1) is 0 Å². The van der Waals surface area contributed by atoms with Gasteiger partial charge in [-0.1, -0.05) is 138 Å². The number of phosphoric ester groups is 1. The van der Waals surface area contributed by atoms with Gasteiger partial charge in [0.15, 0.2) is 6.10 Å². The largest absolute Gasteiger partial charge is 0.756 e. The van der Waals surface area contributed by atoms with E-state index in [1.807, 2.05) is 76.7 Å². The average molecular weight is 822 g/mol. The number of aliphatic hydroxyl groups excluding tert-OH is 1. The summed E-state index contributed by atoms with van der Waals surface area (Å²) >= 11 is 0. The monoisotopic (exact) mass is 822 g/mol. The van der Waals surface area contributed by atoms with Crippen LogP contribution in [0.4, 0.5) is 0 Å². The van der Waals surface area contributed by atoms with Crippen molar-refractivity contribution >= 4 is 19.8 Å². The fourth-order valence-corrected chi connectivity index (χ4v) is 6.08. The Morgan fingerprint density at radius 3 is 1.89 bits per heavy atom. The fourth-order valence-electron chi connectivity index (χ4n) is 5.35. The van der Waals surface area contributed by atoms with E-state index in [-0.39, 0.29) is 26.1 Å². The van der Waals surface area contributed by atoms with Crippen LogP contribution < -0.4 is 4.89 Å². The van der Waals surface area contributed by atoms with Crippen LogP contribution in [-0.4, -0.2) is 81.2 Å². The minimum atomic E-state index is -4.65. The summed E-state index contributed by atoms with van der Waals surface area (Å²) in [5.74, 6) is -0.938. The molecular weight excluding hydrogens is 741 g/mol. The number of esters is 2. The van der Waals surface area contributed by atoms with Gasteiger partial charge in [0.05, 0.1) is 33.9 Å². The van der Waals surface area contributed by atoms with Crippen LogP contribution in [0.25, 0.3) is 0 Å². The lowest BCUT2D eigenvalue weighted by Crippen LogP contribution is -2.37. The van der Waals surface area contributed by atoms with Gasteiger partial charge in [-0.25, -0.2) is 0 Å². The minimum Gasteiger partial charge on any atom is -0.756 e. The van der Waals surface area contributed by atoms with E-state index in [1.165, 1.54) is 51.4 Å². The Balaban J connectivity index is 4.52. The Morgan fingerprint density at radius 1 is 0.667 bits per heavy atom. The average Bonchev–Trinajstić information content (AvgIpc) is 3.16. The molecule has 0 rings (SSSR count). The number of carbonyl (C=O) groups is 2. The molecule has 57 heavy (non-hydrogen) atoms. The highest BCUT2D eigenvalue weighted by Gasteiger charge is 2.21. The van der Waals surface area contributed by atoms with Gasteiger partial charge in [0.1, 0.15) is 19.8 Å². The molecule has 0 spiro atoms. The molecule has 3 atom stereocenters. The number of rotatable bonds is 38. The first kappa shape index (κ1) is 54.4. The molecule has 0 bridgehead atoms. The normalized spacial score (nSPS) is 14.9.